The summed E-state index contributed by atoms with van der Waals surface area (Å²) in [6, 6.07) is 16.1. The van der Waals surface area contributed by atoms with Crippen molar-refractivity contribution in [3.63, 3.8) is 0 Å². The second-order valence-corrected chi connectivity index (χ2v) is 9.15. The standard InChI is InChI=1S/C23H21Cl2N3O4S2/c1-3-31-22(30)16-12-19(14-7-5-4-6-8-14)34-21(16)26-23(33)28-27-20(29)13(2)32-18-11-15(24)9-10-17(18)25/h4-13H,3H2,1-2H3,(H,27,29)(H2,26,28,33)/t13-/m0/s1. The number of carbonyl (C=O) groups is 2. The van der Waals surface area contributed by atoms with Crippen molar-refractivity contribution in [1.29, 1.82) is 0 Å². The molecule has 1 aromatic heterocycles. The van der Waals surface area contributed by atoms with Gasteiger partial charge in [-0.15, -0.1) is 11.3 Å². The molecule has 0 aliphatic carbocycles. The van der Waals surface area contributed by atoms with Gasteiger partial charge in [0.25, 0.3) is 5.91 Å². The molecular weight excluding hydrogens is 517 g/mol. The molecule has 3 aromatic rings. The van der Waals surface area contributed by atoms with Crippen molar-refractivity contribution in [2.45, 2.75) is 20.0 Å². The van der Waals surface area contributed by atoms with Gasteiger partial charge < -0.3 is 14.8 Å². The maximum Gasteiger partial charge on any atom is 0.341 e. The van der Waals surface area contributed by atoms with Crippen LogP contribution in [0.15, 0.2) is 54.6 Å². The Hall–Kier alpha value is -2.85. The van der Waals surface area contributed by atoms with Crippen molar-refractivity contribution < 1.29 is 19.1 Å². The van der Waals surface area contributed by atoms with Crippen molar-refractivity contribution in [2.75, 3.05) is 11.9 Å². The Bertz CT molecular complexity index is 1190. The zero-order valence-corrected chi connectivity index (χ0v) is 21.3. The Balaban J connectivity index is 1.64. The second kappa shape index (κ2) is 12.0. The van der Waals surface area contributed by atoms with Crippen molar-refractivity contribution in [1.82, 2.24) is 10.9 Å². The van der Waals surface area contributed by atoms with Gasteiger partial charge in [-0.1, -0.05) is 53.5 Å². The normalized spacial score (nSPS) is 11.3. The van der Waals surface area contributed by atoms with E-state index in [1.807, 2.05) is 30.3 Å². The summed E-state index contributed by atoms with van der Waals surface area (Å²) in [5, 5.41) is 4.26. The van der Waals surface area contributed by atoms with E-state index in [0.29, 0.717) is 20.6 Å². The molecule has 3 N–H and O–H groups in total. The number of hydrogen-bond acceptors (Lipinski definition) is 6. The number of nitrogens with one attached hydrogen (secondary N) is 3. The monoisotopic (exact) mass is 537 g/mol. The molecule has 2 aromatic carbocycles. The van der Waals surface area contributed by atoms with E-state index >= 15 is 0 Å². The minimum Gasteiger partial charge on any atom is -0.479 e. The van der Waals surface area contributed by atoms with Crippen LogP contribution in [-0.4, -0.2) is 29.7 Å². The summed E-state index contributed by atoms with van der Waals surface area (Å²) < 4.78 is 10.7. The van der Waals surface area contributed by atoms with Crippen LogP contribution in [0.4, 0.5) is 5.00 Å². The molecule has 34 heavy (non-hydrogen) atoms. The molecule has 3 rings (SSSR count). The number of thiophene rings is 1. The number of hydrazine groups is 1. The van der Waals surface area contributed by atoms with Crippen LogP contribution in [0.2, 0.25) is 10.0 Å². The lowest BCUT2D eigenvalue weighted by Crippen LogP contribution is -2.48. The Morgan fingerprint density at radius 3 is 2.53 bits per heavy atom. The number of halogens is 2. The molecular formula is C23H21Cl2N3O4S2. The van der Waals surface area contributed by atoms with E-state index in [9.17, 15) is 9.59 Å². The maximum atomic E-state index is 12.4. The van der Waals surface area contributed by atoms with Crippen LogP contribution in [0, 0.1) is 0 Å². The summed E-state index contributed by atoms with van der Waals surface area (Å²) in [6.45, 7) is 3.52. The van der Waals surface area contributed by atoms with Gasteiger partial charge in [-0.25, -0.2) is 4.79 Å². The molecule has 178 valence electrons. The quantitative estimate of drug-likeness (QED) is 0.203. The molecule has 1 heterocycles. The minimum absolute atomic E-state index is 0.0772. The van der Waals surface area contributed by atoms with Crippen LogP contribution >= 0.6 is 46.8 Å². The Labute approximate surface area is 216 Å². The van der Waals surface area contributed by atoms with Gasteiger partial charge in [-0.2, -0.15) is 0 Å². The number of amides is 1. The summed E-state index contributed by atoms with van der Waals surface area (Å²) in [5.74, 6) is -0.693. The molecule has 0 aliphatic heterocycles. The lowest BCUT2D eigenvalue weighted by Gasteiger charge is -2.17. The third kappa shape index (κ3) is 6.83. The maximum absolute atomic E-state index is 12.4. The third-order valence-electron chi connectivity index (χ3n) is 4.38. The molecule has 1 atom stereocenters. The van der Waals surface area contributed by atoms with Gasteiger partial charge in [0, 0.05) is 16.0 Å². The molecule has 0 fully saturated rings. The van der Waals surface area contributed by atoms with E-state index in [1.54, 1.807) is 32.0 Å². The number of carbonyl (C=O) groups excluding carboxylic acids is 2. The highest BCUT2D eigenvalue weighted by Crippen LogP contribution is 2.36. The Morgan fingerprint density at radius 1 is 1.09 bits per heavy atom. The fraction of sp³-hybridized carbons (Fsp3) is 0.174. The van der Waals surface area contributed by atoms with Gasteiger partial charge in [0.2, 0.25) is 0 Å². The van der Waals surface area contributed by atoms with Crippen molar-refractivity contribution in [3.05, 3.63) is 70.2 Å². The van der Waals surface area contributed by atoms with Crippen LogP contribution in [0.3, 0.4) is 0 Å². The summed E-state index contributed by atoms with van der Waals surface area (Å²) >= 11 is 18.6. The van der Waals surface area contributed by atoms with Gasteiger partial charge in [-0.3, -0.25) is 15.6 Å². The molecule has 0 aliphatic rings. The van der Waals surface area contributed by atoms with E-state index in [4.69, 9.17) is 44.9 Å². The first-order valence-electron chi connectivity index (χ1n) is 10.1. The number of benzene rings is 2. The highest BCUT2D eigenvalue weighted by atomic mass is 35.5. The molecule has 0 unspecified atom stereocenters. The van der Waals surface area contributed by atoms with Gasteiger partial charge >= 0.3 is 5.97 Å². The van der Waals surface area contributed by atoms with Crippen molar-refractivity contribution in [2.24, 2.45) is 0 Å². The van der Waals surface area contributed by atoms with Gasteiger partial charge in [0.05, 0.1) is 17.2 Å². The lowest BCUT2D eigenvalue weighted by atomic mass is 10.1. The molecule has 1 amide bonds. The van der Waals surface area contributed by atoms with Gasteiger partial charge in [0.15, 0.2) is 11.2 Å². The van der Waals surface area contributed by atoms with E-state index in [0.717, 1.165) is 10.4 Å². The number of ether oxygens (including phenoxy) is 2. The largest absolute Gasteiger partial charge is 0.479 e. The minimum atomic E-state index is -0.896. The van der Waals surface area contributed by atoms with Crippen LogP contribution in [0.5, 0.6) is 5.75 Å². The highest BCUT2D eigenvalue weighted by Gasteiger charge is 2.20. The average molecular weight is 538 g/mol. The van der Waals surface area contributed by atoms with E-state index in [1.165, 1.54) is 17.4 Å². The zero-order valence-electron chi connectivity index (χ0n) is 18.2. The van der Waals surface area contributed by atoms with Crippen molar-refractivity contribution in [3.8, 4) is 16.2 Å². The summed E-state index contributed by atoms with van der Waals surface area (Å²) in [5.41, 5.74) is 6.36. The molecule has 0 bridgehead atoms. The van der Waals surface area contributed by atoms with Crippen molar-refractivity contribution >= 4 is 68.7 Å². The third-order valence-corrected chi connectivity index (χ3v) is 6.23. The molecule has 0 radical (unpaired) electrons. The average Bonchev–Trinajstić information content (AvgIpc) is 3.24. The Kier molecular flexibility index (Phi) is 9.12. The predicted molar refractivity (Wildman–Crippen MR) is 140 cm³/mol. The first-order chi connectivity index (χ1) is 16.3. The van der Waals surface area contributed by atoms with Crippen LogP contribution in [0.1, 0.15) is 24.2 Å². The molecule has 11 heteroatoms. The molecule has 0 spiro atoms. The van der Waals surface area contributed by atoms with E-state index in [-0.39, 0.29) is 17.5 Å². The number of rotatable bonds is 7. The molecule has 0 saturated carbocycles. The summed E-state index contributed by atoms with van der Waals surface area (Å²) in [6.07, 6.45) is -0.896. The van der Waals surface area contributed by atoms with Crippen LogP contribution in [0.25, 0.3) is 10.4 Å². The lowest BCUT2D eigenvalue weighted by molar-refractivity contribution is -0.127. The number of thiocarbonyl (C=S) groups is 1. The summed E-state index contributed by atoms with van der Waals surface area (Å²) in [7, 11) is 0. The second-order valence-electron chi connectivity index (χ2n) is 6.84. The van der Waals surface area contributed by atoms with Gasteiger partial charge in [-0.05, 0) is 49.8 Å². The SMILES string of the molecule is CCOC(=O)c1cc(-c2ccccc2)sc1NC(=S)NNC(=O)[C@H](C)Oc1cc(Cl)ccc1Cl. The zero-order chi connectivity index (χ0) is 24.7. The first kappa shape index (κ1) is 25.8. The van der Waals surface area contributed by atoms with Crippen LogP contribution in [-0.2, 0) is 9.53 Å². The predicted octanol–water partition coefficient (Wildman–Crippen LogP) is 5.68. The Morgan fingerprint density at radius 2 is 1.82 bits per heavy atom. The molecule has 0 saturated heterocycles. The number of esters is 1. The first-order valence-corrected chi connectivity index (χ1v) is 12.1. The van der Waals surface area contributed by atoms with E-state index < -0.39 is 18.0 Å². The topological polar surface area (TPSA) is 88.7 Å². The highest BCUT2D eigenvalue weighted by molar-refractivity contribution is 7.80. The fourth-order valence-corrected chi connectivity index (χ4v) is 4.35. The number of anilines is 1. The van der Waals surface area contributed by atoms with Gasteiger partial charge in [0.1, 0.15) is 10.8 Å². The number of hydrogen-bond donors (Lipinski definition) is 3. The summed E-state index contributed by atoms with van der Waals surface area (Å²) in [4.78, 5) is 25.7. The van der Waals surface area contributed by atoms with Crippen LogP contribution < -0.4 is 20.9 Å². The smallest absolute Gasteiger partial charge is 0.341 e. The molecule has 7 nitrogen and oxygen atoms in total. The fourth-order valence-electron chi connectivity index (χ4n) is 2.75. The van der Waals surface area contributed by atoms with E-state index in [2.05, 4.69) is 16.2 Å².